The van der Waals surface area contributed by atoms with Gasteiger partial charge in [-0.3, -0.25) is 9.69 Å². The molecular weight excluding hydrogens is 331 g/mol. The SMILES string of the molecule is NC(=O)[C@@H]1CN(Cc2ccc(I)cc2)CCO1. The van der Waals surface area contributed by atoms with Gasteiger partial charge in [0.05, 0.1) is 6.61 Å². The lowest BCUT2D eigenvalue weighted by atomic mass is 10.2. The van der Waals surface area contributed by atoms with Crippen molar-refractivity contribution in [3.8, 4) is 0 Å². The highest BCUT2D eigenvalue weighted by Crippen LogP contribution is 2.12. The Kier molecular flexibility index (Phi) is 4.36. The van der Waals surface area contributed by atoms with E-state index in [-0.39, 0.29) is 5.91 Å². The van der Waals surface area contributed by atoms with E-state index in [0.29, 0.717) is 13.2 Å². The van der Waals surface area contributed by atoms with E-state index in [4.69, 9.17) is 10.5 Å². The number of amides is 1. The molecule has 1 aromatic rings. The number of hydrogen-bond acceptors (Lipinski definition) is 3. The molecule has 2 rings (SSSR count). The van der Waals surface area contributed by atoms with Crippen molar-refractivity contribution < 1.29 is 9.53 Å². The van der Waals surface area contributed by atoms with Crippen molar-refractivity contribution in [2.45, 2.75) is 12.6 Å². The van der Waals surface area contributed by atoms with Gasteiger partial charge >= 0.3 is 0 Å². The summed E-state index contributed by atoms with van der Waals surface area (Å²) < 4.78 is 6.53. The molecule has 0 aliphatic carbocycles. The van der Waals surface area contributed by atoms with Gasteiger partial charge in [0.15, 0.2) is 0 Å². The van der Waals surface area contributed by atoms with Crippen molar-refractivity contribution in [2.24, 2.45) is 5.73 Å². The minimum Gasteiger partial charge on any atom is -0.367 e. The number of hydrogen-bond donors (Lipinski definition) is 1. The van der Waals surface area contributed by atoms with E-state index in [1.165, 1.54) is 9.13 Å². The first kappa shape index (κ1) is 12.8. The summed E-state index contributed by atoms with van der Waals surface area (Å²) in [4.78, 5) is 13.3. The molecule has 1 atom stereocenters. The van der Waals surface area contributed by atoms with Gasteiger partial charge in [-0.05, 0) is 40.3 Å². The highest BCUT2D eigenvalue weighted by molar-refractivity contribution is 14.1. The molecule has 0 unspecified atom stereocenters. The number of rotatable bonds is 3. The van der Waals surface area contributed by atoms with Crippen LogP contribution < -0.4 is 5.73 Å². The third-order valence-corrected chi connectivity index (χ3v) is 3.51. The summed E-state index contributed by atoms with van der Waals surface area (Å²) in [5.41, 5.74) is 6.50. The molecule has 1 saturated heterocycles. The second-order valence-electron chi connectivity index (χ2n) is 4.12. The van der Waals surface area contributed by atoms with Gasteiger partial charge in [0.1, 0.15) is 6.10 Å². The van der Waals surface area contributed by atoms with Crippen LogP contribution in [0.5, 0.6) is 0 Å². The van der Waals surface area contributed by atoms with Crippen LogP contribution in [0.2, 0.25) is 0 Å². The van der Waals surface area contributed by atoms with E-state index in [9.17, 15) is 4.79 Å². The average molecular weight is 346 g/mol. The van der Waals surface area contributed by atoms with E-state index in [1.807, 2.05) is 0 Å². The number of benzene rings is 1. The summed E-state index contributed by atoms with van der Waals surface area (Å²) >= 11 is 2.28. The minimum atomic E-state index is -0.465. The van der Waals surface area contributed by atoms with Crippen LogP contribution in [-0.4, -0.2) is 36.6 Å². The molecule has 1 aliphatic rings. The number of halogens is 1. The lowest BCUT2D eigenvalue weighted by molar-refractivity contribution is -0.135. The zero-order chi connectivity index (χ0) is 12.3. The summed E-state index contributed by atoms with van der Waals surface area (Å²) in [6.07, 6.45) is -0.465. The molecular formula is C12H15IN2O2. The molecule has 0 bridgehead atoms. The molecule has 0 aromatic heterocycles. The lowest BCUT2D eigenvalue weighted by Gasteiger charge is -2.31. The number of primary amides is 1. The number of nitrogens with two attached hydrogens (primary N) is 1. The van der Waals surface area contributed by atoms with E-state index in [1.54, 1.807) is 0 Å². The Morgan fingerprint density at radius 2 is 2.18 bits per heavy atom. The maximum atomic E-state index is 11.1. The van der Waals surface area contributed by atoms with Crippen LogP contribution in [0.25, 0.3) is 0 Å². The number of nitrogens with zero attached hydrogens (tertiary/aromatic N) is 1. The standard InChI is InChI=1S/C12H15IN2O2/c13-10-3-1-9(2-4-10)7-15-5-6-17-11(8-15)12(14)16/h1-4,11H,5-8H2,(H2,14,16)/t11-/m0/s1. The van der Waals surface area contributed by atoms with E-state index >= 15 is 0 Å². The van der Waals surface area contributed by atoms with Gasteiger partial charge in [-0.1, -0.05) is 12.1 Å². The Morgan fingerprint density at radius 1 is 1.47 bits per heavy atom. The summed E-state index contributed by atoms with van der Waals surface area (Å²) in [5.74, 6) is -0.377. The predicted octanol–water partition coefficient (Wildman–Crippen LogP) is 0.977. The highest BCUT2D eigenvalue weighted by Gasteiger charge is 2.24. The third-order valence-electron chi connectivity index (χ3n) is 2.79. The van der Waals surface area contributed by atoms with Crippen molar-refractivity contribution in [1.29, 1.82) is 0 Å². The normalized spacial score (nSPS) is 21.4. The Bertz CT molecular complexity index is 394. The Morgan fingerprint density at radius 3 is 2.82 bits per heavy atom. The molecule has 0 radical (unpaired) electrons. The lowest BCUT2D eigenvalue weighted by Crippen LogP contribution is -2.47. The Hall–Kier alpha value is -0.660. The summed E-state index contributed by atoms with van der Waals surface area (Å²) in [6.45, 7) is 2.83. The average Bonchev–Trinajstić information content (AvgIpc) is 2.32. The molecule has 1 amide bonds. The van der Waals surface area contributed by atoms with Gasteiger partial charge in [0.2, 0.25) is 5.91 Å². The van der Waals surface area contributed by atoms with Crippen LogP contribution in [0, 0.1) is 3.57 Å². The fourth-order valence-electron chi connectivity index (χ4n) is 1.87. The largest absolute Gasteiger partial charge is 0.367 e. The molecule has 1 aliphatic heterocycles. The fourth-order valence-corrected chi connectivity index (χ4v) is 2.23. The molecule has 1 heterocycles. The maximum Gasteiger partial charge on any atom is 0.247 e. The first-order valence-electron chi connectivity index (χ1n) is 5.53. The van der Waals surface area contributed by atoms with Crippen molar-refractivity contribution >= 4 is 28.5 Å². The van der Waals surface area contributed by atoms with Gasteiger partial charge in [-0.25, -0.2) is 0 Å². The van der Waals surface area contributed by atoms with Crippen LogP contribution >= 0.6 is 22.6 Å². The van der Waals surface area contributed by atoms with Crippen LogP contribution in [-0.2, 0) is 16.1 Å². The topological polar surface area (TPSA) is 55.6 Å². The maximum absolute atomic E-state index is 11.1. The van der Waals surface area contributed by atoms with Gasteiger partial charge in [0.25, 0.3) is 0 Å². The summed E-state index contributed by atoms with van der Waals surface area (Å²) in [7, 11) is 0. The second-order valence-corrected chi connectivity index (χ2v) is 5.37. The summed E-state index contributed by atoms with van der Waals surface area (Å²) in [5, 5.41) is 0. The molecule has 92 valence electrons. The van der Waals surface area contributed by atoms with Crippen molar-refractivity contribution in [3.63, 3.8) is 0 Å². The molecule has 1 fully saturated rings. The van der Waals surface area contributed by atoms with E-state index in [0.717, 1.165) is 13.1 Å². The Balaban J connectivity index is 1.94. The minimum absolute atomic E-state index is 0.377. The van der Waals surface area contributed by atoms with Gasteiger partial charge in [0, 0.05) is 23.2 Å². The zero-order valence-corrected chi connectivity index (χ0v) is 11.6. The van der Waals surface area contributed by atoms with Crippen molar-refractivity contribution in [1.82, 2.24) is 4.90 Å². The monoisotopic (exact) mass is 346 g/mol. The van der Waals surface area contributed by atoms with Crippen LogP contribution in [0.15, 0.2) is 24.3 Å². The second kappa shape index (κ2) is 5.79. The molecule has 17 heavy (non-hydrogen) atoms. The number of ether oxygens (including phenoxy) is 1. The number of carbonyl (C=O) groups is 1. The Labute approximate surface area is 114 Å². The molecule has 0 spiro atoms. The molecule has 5 heteroatoms. The summed E-state index contributed by atoms with van der Waals surface area (Å²) in [6, 6.07) is 8.39. The smallest absolute Gasteiger partial charge is 0.247 e. The van der Waals surface area contributed by atoms with Crippen LogP contribution in [0.4, 0.5) is 0 Å². The van der Waals surface area contributed by atoms with Gasteiger partial charge < -0.3 is 10.5 Å². The van der Waals surface area contributed by atoms with Crippen molar-refractivity contribution in [3.05, 3.63) is 33.4 Å². The van der Waals surface area contributed by atoms with E-state index in [2.05, 4.69) is 51.8 Å². The number of carbonyl (C=O) groups excluding carboxylic acids is 1. The van der Waals surface area contributed by atoms with Crippen LogP contribution in [0.3, 0.4) is 0 Å². The molecule has 2 N–H and O–H groups in total. The molecule has 0 saturated carbocycles. The first-order valence-corrected chi connectivity index (χ1v) is 6.61. The number of morpholine rings is 1. The quantitative estimate of drug-likeness (QED) is 0.831. The van der Waals surface area contributed by atoms with Gasteiger partial charge in [-0.2, -0.15) is 0 Å². The van der Waals surface area contributed by atoms with Crippen LogP contribution in [0.1, 0.15) is 5.56 Å². The molecule has 4 nitrogen and oxygen atoms in total. The highest BCUT2D eigenvalue weighted by atomic mass is 127. The molecule has 1 aromatic carbocycles. The predicted molar refractivity (Wildman–Crippen MR) is 73.4 cm³/mol. The first-order chi connectivity index (χ1) is 8.15. The van der Waals surface area contributed by atoms with E-state index < -0.39 is 6.10 Å². The van der Waals surface area contributed by atoms with Gasteiger partial charge in [-0.15, -0.1) is 0 Å². The van der Waals surface area contributed by atoms with Crippen molar-refractivity contribution in [2.75, 3.05) is 19.7 Å². The zero-order valence-electron chi connectivity index (χ0n) is 9.43. The fraction of sp³-hybridized carbons (Fsp3) is 0.417. The third kappa shape index (κ3) is 3.65.